The number of hydrogen-bond donors (Lipinski definition) is 1. The zero-order chi connectivity index (χ0) is 27.2. The summed E-state index contributed by atoms with van der Waals surface area (Å²) in [6.07, 6.45) is 5.59. The average Bonchev–Trinajstić information content (AvgIpc) is 3.54. The number of halogens is 1. The van der Waals surface area contributed by atoms with Crippen LogP contribution in [0.25, 0.3) is 16.6 Å². The van der Waals surface area contributed by atoms with Gasteiger partial charge in [-0.2, -0.15) is 5.10 Å². The van der Waals surface area contributed by atoms with Crippen LogP contribution in [-0.4, -0.2) is 80.0 Å². The van der Waals surface area contributed by atoms with Crippen LogP contribution in [0.2, 0.25) is 0 Å². The second kappa shape index (κ2) is 9.87. The van der Waals surface area contributed by atoms with E-state index in [2.05, 4.69) is 40.2 Å². The highest BCUT2D eigenvalue weighted by atomic mass is 19.1. The number of nitrogens with zero attached hydrogens (tertiary/aromatic N) is 8. The van der Waals surface area contributed by atoms with Crippen molar-refractivity contribution in [2.24, 2.45) is 0 Å². The Morgan fingerprint density at radius 1 is 1.02 bits per heavy atom. The molecule has 0 aliphatic carbocycles. The van der Waals surface area contributed by atoms with Crippen molar-refractivity contribution in [3.8, 4) is 17.4 Å². The Morgan fingerprint density at radius 3 is 2.77 bits per heavy atom. The number of hydrogen-bond acceptors (Lipinski definition) is 10. The molecule has 204 valence electrons. The normalized spacial score (nSPS) is 18.6. The van der Waals surface area contributed by atoms with Gasteiger partial charge in [0.1, 0.15) is 43.0 Å². The summed E-state index contributed by atoms with van der Waals surface area (Å²) in [6, 6.07) is 12.2. The van der Waals surface area contributed by atoms with Gasteiger partial charge in [0.2, 0.25) is 5.88 Å². The zero-order valence-corrected chi connectivity index (χ0v) is 22.2. The van der Waals surface area contributed by atoms with E-state index in [1.54, 1.807) is 30.3 Å². The molecular weight excluding hydrogens is 513 g/mol. The van der Waals surface area contributed by atoms with Gasteiger partial charge >= 0.3 is 0 Å². The second-order valence-electron chi connectivity index (χ2n) is 10.0. The average molecular weight is 542 g/mol. The predicted molar refractivity (Wildman–Crippen MR) is 148 cm³/mol. The van der Waals surface area contributed by atoms with Crippen molar-refractivity contribution >= 4 is 33.7 Å². The molecule has 2 saturated heterocycles. The Bertz CT molecular complexity index is 1710. The summed E-state index contributed by atoms with van der Waals surface area (Å²) in [6.45, 7) is 3.86. The maximum atomic E-state index is 13.1. The molecule has 1 N–H and O–H groups in total. The third kappa shape index (κ3) is 4.11. The van der Waals surface area contributed by atoms with Gasteiger partial charge in [0, 0.05) is 43.5 Å². The van der Waals surface area contributed by atoms with E-state index in [4.69, 9.17) is 9.47 Å². The van der Waals surface area contributed by atoms with Crippen LogP contribution in [0.3, 0.4) is 0 Å². The number of alkyl halides is 1. The number of rotatable bonds is 8. The molecule has 2 fully saturated rings. The van der Waals surface area contributed by atoms with Crippen LogP contribution >= 0.6 is 0 Å². The molecule has 11 nitrogen and oxygen atoms in total. The molecule has 5 aromatic rings. The van der Waals surface area contributed by atoms with Crippen molar-refractivity contribution < 1.29 is 13.9 Å². The Labute approximate surface area is 229 Å². The van der Waals surface area contributed by atoms with Crippen LogP contribution in [0, 0.1) is 6.92 Å². The van der Waals surface area contributed by atoms with Crippen molar-refractivity contribution in [3.05, 3.63) is 60.9 Å². The van der Waals surface area contributed by atoms with E-state index < -0.39 is 0 Å². The first-order valence-corrected chi connectivity index (χ1v) is 13.2. The molecule has 2 atom stereocenters. The van der Waals surface area contributed by atoms with Crippen LogP contribution < -0.4 is 19.7 Å². The first kappa shape index (κ1) is 24.5. The number of nitrogens with one attached hydrogen (secondary N) is 1. The molecule has 0 saturated carbocycles. The van der Waals surface area contributed by atoms with E-state index in [-0.39, 0.29) is 6.67 Å². The van der Waals surface area contributed by atoms with Crippen molar-refractivity contribution in [1.29, 1.82) is 0 Å². The monoisotopic (exact) mass is 541 g/mol. The third-order valence-corrected chi connectivity index (χ3v) is 7.83. The van der Waals surface area contributed by atoms with Crippen LogP contribution in [0.1, 0.15) is 12.0 Å². The summed E-state index contributed by atoms with van der Waals surface area (Å²) in [5, 5.41) is 8.46. The molecular formula is C28H28FN9O2. The van der Waals surface area contributed by atoms with Crippen molar-refractivity contribution in [1.82, 2.24) is 34.4 Å². The number of anilines is 3. The maximum absolute atomic E-state index is 13.1. The van der Waals surface area contributed by atoms with Gasteiger partial charge in [-0.1, -0.05) is 0 Å². The lowest BCUT2D eigenvalue weighted by atomic mass is 9.94. The van der Waals surface area contributed by atoms with Gasteiger partial charge in [0.25, 0.3) is 0 Å². The number of aryl methyl sites for hydroxylation is 1. The fourth-order valence-electron chi connectivity index (χ4n) is 5.86. The number of ether oxygens (including phenoxy) is 2. The highest BCUT2D eigenvalue weighted by Crippen LogP contribution is 2.46. The van der Waals surface area contributed by atoms with E-state index in [1.807, 2.05) is 37.3 Å². The van der Waals surface area contributed by atoms with Gasteiger partial charge in [-0.25, -0.2) is 28.8 Å². The van der Waals surface area contributed by atoms with E-state index in [0.29, 0.717) is 41.7 Å². The SMILES string of the molecule is COc1ccc2ncnc(Nc3ccc(Oc4cc5ncnn5cn4)c(C)c3)c2c1N1CC2[C@@H]1CCN2CCF. The van der Waals surface area contributed by atoms with Gasteiger partial charge in [-0.3, -0.25) is 4.90 Å². The molecule has 0 bridgehead atoms. The standard InChI is InChI=1S/C28H28FN9O2/c1-17-11-18(3-5-22(17)40-25-12-24-31-15-34-38(24)16-33-25)35-28-26-19(30-14-32-28)4-6-23(39-2)27(26)37-13-21-20(37)7-9-36(21)10-8-29/h3-6,11-12,14-16,20-21H,7-10,13H2,1-2H3,(H,30,32,35)/t20-,21?/m0/s1. The van der Waals surface area contributed by atoms with E-state index >= 15 is 0 Å². The van der Waals surface area contributed by atoms with E-state index in [0.717, 1.165) is 53.1 Å². The Kier molecular flexibility index (Phi) is 6.03. The quantitative estimate of drug-likeness (QED) is 0.308. The summed E-state index contributed by atoms with van der Waals surface area (Å²) in [4.78, 5) is 22.3. The van der Waals surface area contributed by atoms with E-state index in [1.165, 1.54) is 6.33 Å². The first-order valence-electron chi connectivity index (χ1n) is 13.2. The lowest BCUT2D eigenvalue weighted by molar-refractivity contribution is 0.188. The summed E-state index contributed by atoms with van der Waals surface area (Å²) in [7, 11) is 1.68. The molecule has 40 heavy (non-hydrogen) atoms. The van der Waals surface area contributed by atoms with Gasteiger partial charge in [0.15, 0.2) is 5.65 Å². The Morgan fingerprint density at radius 2 is 1.93 bits per heavy atom. The van der Waals surface area contributed by atoms with Gasteiger partial charge in [-0.05, 0) is 49.2 Å². The summed E-state index contributed by atoms with van der Waals surface area (Å²) in [5.74, 6) is 2.58. The van der Waals surface area contributed by atoms with Crippen LogP contribution in [0.5, 0.6) is 17.4 Å². The van der Waals surface area contributed by atoms with Gasteiger partial charge in [-0.15, -0.1) is 0 Å². The minimum Gasteiger partial charge on any atom is -0.495 e. The number of benzene rings is 2. The Hall–Kier alpha value is -4.58. The highest BCUT2D eigenvalue weighted by Gasteiger charge is 2.48. The zero-order valence-electron chi connectivity index (χ0n) is 22.2. The van der Waals surface area contributed by atoms with Crippen molar-refractivity contribution in [3.63, 3.8) is 0 Å². The molecule has 1 unspecified atom stereocenters. The summed E-state index contributed by atoms with van der Waals surface area (Å²) in [5.41, 5.74) is 4.23. The van der Waals surface area contributed by atoms with Crippen LogP contribution in [-0.2, 0) is 0 Å². The molecule has 0 radical (unpaired) electrons. The second-order valence-corrected chi connectivity index (χ2v) is 10.0. The Balaban J connectivity index is 1.19. The number of methoxy groups -OCH3 is 1. The lowest BCUT2D eigenvalue weighted by Crippen LogP contribution is -2.62. The minimum absolute atomic E-state index is 0.309. The molecule has 5 heterocycles. The largest absolute Gasteiger partial charge is 0.495 e. The first-order chi connectivity index (χ1) is 19.6. The molecule has 12 heteroatoms. The fraction of sp³-hybridized carbons (Fsp3) is 0.321. The molecule has 0 spiro atoms. The summed E-state index contributed by atoms with van der Waals surface area (Å²) < 4.78 is 26.5. The smallest absolute Gasteiger partial charge is 0.224 e. The minimum atomic E-state index is -0.320. The number of aromatic nitrogens is 6. The third-order valence-electron chi connectivity index (χ3n) is 7.83. The molecule has 2 aliphatic heterocycles. The topological polar surface area (TPSA) is 106 Å². The number of likely N-dealkylation sites (tertiary alicyclic amines) is 1. The highest BCUT2D eigenvalue weighted by molar-refractivity contribution is 6.04. The molecule has 3 aromatic heterocycles. The molecule has 7 rings (SSSR count). The summed E-state index contributed by atoms with van der Waals surface area (Å²) >= 11 is 0. The number of fused-ring (bicyclic) bond motifs is 3. The predicted octanol–water partition coefficient (Wildman–Crippen LogP) is 4.15. The van der Waals surface area contributed by atoms with Crippen LogP contribution in [0.15, 0.2) is 55.4 Å². The fourth-order valence-corrected chi connectivity index (χ4v) is 5.86. The lowest BCUT2D eigenvalue weighted by Gasteiger charge is -2.49. The molecule has 2 aliphatic rings. The molecule has 2 aromatic carbocycles. The van der Waals surface area contributed by atoms with Gasteiger partial charge in [0.05, 0.1) is 23.7 Å². The van der Waals surface area contributed by atoms with Gasteiger partial charge < -0.3 is 19.7 Å². The van der Waals surface area contributed by atoms with Crippen LogP contribution in [0.4, 0.5) is 21.6 Å². The van der Waals surface area contributed by atoms with E-state index in [9.17, 15) is 4.39 Å². The van der Waals surface area contributed by atoms with Crippen molar-refractivity contribution in [2.45, 2.75) is 25.4 Å². The molecule has 0 amide bonds. The van der Waals surface area contributed by atoms with Crippen molar-refractivity contribution in [2.75, 3.05) is 43.6 Å². The maximum Gasteiger partial charge on any atom is 0.224 e.